The maximum absolute atomic E-state index is 13.7. The maximum atomic E-state index is 13.7. The van der Waals surface area contributed by atoms with E-state index in [1.165, 1.54) is 19.9 Å². The average molecular weight is 1150 g/mol. The summed E-state index contributed by atoms with van der Waals surface area (Å²) < 4.78 is 6.69. The third-order valence-corrected chi connectivity index (χ3v) is 11.5. The number of aliphatic hydroxyl groups excluding tert-OH is 3. The number of aromatic hydroxyl groups is 2. The SMILES string of the molecule is Cc1c(C#N)c(O)n(CCNc2nc(NCCO)nc(Nc3ccc(Nc4nc(NCCO)nc(NCCn5c(O)c(C#N)c(C)c(N=Nc6cc(C(=O)O)cc(C(=O)O)c6)c5=O)n4)cc3)n2)c(=O)c1N=Nc1cc(OCO)cc(C(=O)O)c1. The van der Waals surface area contributed by atoms with Crippen LogP contribution in [0.4, 0.5) is 69.8 Å². The van der Waals surface area contributed by atoms with E-state index in [0.717, 1.165) is 39.5 Å². The summed E-state index contributed by atoms with van der Waals surface area (Å²) in [4.78, 5) is 88.4. The fraction of sp³-hybridized carbons (Fsp3) is 0.220. The molecule has 3 aromatic carbocycles. The number of azo groups is 2. The van der Waals surface area contributed by atoms with E-state index in [1.807, 2.05) is 12.1 Å². The second kappa shape index (κ2) is 27.4. The number of hydrogen-bond acceptors (Lipinski definition) is 29. The van der Waals surface area contributed by atoms with E-state index in [0.29, 0.717) is 11.4 Å². The number of hydrogen-bond donors (Lipinski definition) is 14. The number of aromatic carboxylic acids is 3. The average Bonchev–Trinajstić information content (AvgIpc) is 2.60. The minimum atomic E-state index is -1.44. The van der Waals surface area contributed by atoms with Crippen molar-refractivity contribution in [2.45, 2.75) is 26.9 Å². The molecule has 0 aliphatic rings. The molecule has 34 heteroatoms. The van der Waals surface area contributed by atoms with E-state index in [1.54, 1.807) is 24.3 Å². The van der Waals surface area contributed by atoms with Gasteiger partial charge in [-0.1, -0.05) is 0 Å². The van der Waals surface area contributed by atoms with Crippen LogP contribution in [0, 0.1) is 36.5 Å². The Bertz CT molecular complexity index is 3900. The van der Waals surface area contributed by atoms with Crippen LogP contribution in [0.25, 0.3) is 0 Å². The Labute approximate surface area is 471 Å². The number of aliphatic hydroxyl groups is 3. The lowest BCUT2D eigenvalue weighted by atomic mass is 10.1. The van der Waals surface area contributed by atoms with Gasteiger partial charge in [0.15, 0.2) is 18.2 Å². The highest BCUT2D eigenvalue weighted by molar-refractivity contribution is 5.95. The summed E-state index contributed by atoms with van der Waals surface area (Å²) in [5, 5.41) is 132. The Balaban J connectivity index is 1.05. The lowest BCUT2D eigenvalue weighted by Crippen LogP contribution is -2.25. The van der Waals surface area contributed by atoms with E-state index in [-0.39, 0.29) is 139 Å². The number of ether oxygens (including phenoxy) is 1. The van der Waals surface area contributed by atoms with Crippen molar-refractivity contribution in [3.8, 4) is 29.6 Å². The summed E-state index contributed by atoms with van der Waals surface area (Å²) in [7, 11) is 0. The maximum Gasteiger partial charge on any atom is 0.335 e. The zero-order valence-electron chi connectivity index (χ0n) is 43.9. The molecule has 0 aliphatic carbocycles. The summed E-state index contributed by atoms with van der Waals surface area (Å²) in [5.41, 5.74) is -3.63. The van der Waals surface area contributed by atoms with Gasteiger partial charge < -0.3 is 77.5 Å². The molecule has 84 heavy (non-hydrogen) atoms. The molecular weight excluding hydrogens is 1100 g/mol. The van der Waals surface area contributed by atoms with Crippen molar-refractivity contribution < 1.29 is 60.0 Å². The molecule has 7 aromatic rings. The number of aromatic nitrogens is 8. The molecule has 0 radical (unpaired) electrons. The van der Waals surface area contributed by atoms with Crippen LogP contribution in [0.2, 0.25) is 0 Å². The van der Waals surface area contributed by atoms with E-state index >= 15 is 0 Å². The number of carbonyl (C=O) groups is 3. The molecule has 0 bridgehead atoms. The van der Waals surface area contributed by atoms with Gasteiger partial charge in [-0.3, -0.25) is 18.7 Å². The van der Waals surface area contributed by atoms with Crippen LogP contribution in [0.15, 0.2) is 90.7 Å². The largest absolute Gasteiger partial charge is 0.493 e. The Morgan fingerprint density at radius 3 is 1.25 bits per heavy atom. The number of carboxylic acid groups (broad SMARTS) is 3. The Hall–Kier alpha value is -11.8. The fourth-order valence-corrected chi connectivity index (χ4v) is 7.55. The van der Waals surface area contributed by atoms with Crippen molar-refractivity contribution in [2.75, 3.05) is 78.1 Å². The minimum Gasteiger partial charge on any atom is -0.493 e. The zero-order chi connectivity index (χ0) is 60.6. The van der Waals surface area contributed by atoms with E-state index < -0.39 is 64.4 Å². The first-order chi connectivity index (χ1) is 40.3. The van der Waals surface area contributed by atoms with Crippen molar-refractivity contribution in [1.29, 1.82) is 10.5 Å². The molecule has 0 amide bonds. The molecule has 0 unspecified atom stereocenters. The third-order valence-electron chi connectivity index (χ3n) is 11.5. The molecule has 0 saturated heterocycles. The summed E-state index contributed by atoms with van der Waals surface area (Å²) in [6.07, 6.45) is 0. The number of nitriles is 2. The first-order valence-corrected chi connectivity index (χ1v) is 24.5. The van der Waals surface area contributed by atoms with Gasteiger partial charge in [-0.15, -0.1) is 10.2 Å². The number of pyridine rings is 2. The molecule has 432 valence electrons. The van der Waals surface area contributed by atoms with Gasteiger partial charge in [-0.25, -0.2) is 14.4 Å². The predicted octanol–water partition coefficient (Wildman–Crippen LogP) is 3.93. The van der Waals surface area contributed by atoms with Gasteiger partial charge in [-0.05, 0) is 68.4 Å². The highest BCUT2D eigenvalue weighted by Crippen LogP contribution is 2.31. The molecule has 7 rings (SSSR count). The summed E-state index contributed by atoms with van der Waals surface area (Å²) in [5.74, 6) is -5.65. The number of carboxylic acids is 3. The molecule has 0 aliphatic heterocycles. The van der Waals surface area contributed by atoms with Gasteiger partial charge in [0.25, 0.3) is 11.1 Å². The standard InChI is InChI=1S/C50H48N20O14/c1-24-34(21-51)38(74)69(40(76)36(24)67-65-31-16-26(42(78)79)15-27(17-31)43(80)81)11-7-53-45-59-47(55-9-13-71)63-49(61-45)57-29-3-5-30(6-4-29)58-50-62-46(60-48(64-50)56-10-14-72)54-8-12-70-39(75)35(22-52)25(2)37(41(70)77)68-66-32-18-28(44(82)83)19-33(20-32)84-23-73/h3-6,15-20,71-75H,7-14,23H2,1-2H3,(H,78,79)(H,80,81)(H,82,83)(H3,53,55,57,59,61,63)(H3,54,56,58,60,62,64). The van der Waals surface area contributed by atoms with Crippen molar-refractivity contribution >= 4 is 87.7 Å². The van der Waals surface area contributed by atoms with Gasteiger partial charge in [0, 0.05) is 67.8 Å². The number of nitrogens with zero attached hydrogens (tertiary/aromatic N) is 14. The molecule has 4 heterocycles. The van der Waals surface area contributed by atoms with Gasteiger partial charge >= 0.3 is 17.9 Å². The molecule has 14 N–H and O–H groups in total. The second-order valence-corrected chi connectivity index (χ2v) is 17.1. The van der Waals surface area contributed by atoms with Crippen molar-refractivity contribution in [1.82, 2.24) is 39.0 Å². The van der Waals surface area contributed by atoms with Crippen molar-refractivity contribution in [3.05, 3.63) is 120 Å². The Morgan fingerprint density at radius 1 is 0.536 bits per heavy atom. The predicted molar refractivity (Wildman–Crippen MR) is 294 cm³/mol. The molecule has 0 atom stereocenters. The summed E-state index contributed by atoms with van der Waals surface area (Å²) in [6, 6.07) is 16.7. The number of rotatable bonds is 27. The molecule has 0 fully saturated rings. The van der Waals surface area contributed by atoms with Crippen LogP contribution in [0.5, 0.6) is 17.5 Å². The van der Waals surface area contributed by atoms with Crippen LogP contribution >= 0.6 is 0 Å². The van der Waals surface area contributed by atoms with Gasteiger partial charge in [0.1, 0.15) is 29.0 Å². The molecular formula is C50H48N20O14. The van der Waals surface area contributed by atoms with Crippen LogP contribution in [-0.2, 0) is 13.1 Å². The van der Waals surface area contributed by atoms with Crippen molar-refractivity contribution in [3.63, 3.8) is 0 Å². The monoisotopic (exact) mass is 1150 g/mol. The Morgan fingerprint density at radius 2 is 0.893 bits per heavy atom. The molecule has 4 aromatic heterocycles. The molecule has 34 nitrogen and oxygen atoms in total. The van der Waals surface area contributed by atoms with Crippen molar-refractivity contribution in [2.24, 2.45) is 20.5 Å². The zero-order valence-corrected chi connectivity index (χ0v) is 43.9. The molecule has 0 saturated carbocycles. The van der Waals surface area contributed by atoms with Gasteiger partial charge in [-0.2, -0.15) is 50.7 Å². The highest BCUT2D eigenvalue weighted by Gasteiger charge is 2.22. The first kappa shape index (κ1) is 59.9. The van der Waals surface area contributed by atoms with E-state index in [4.69, 9.17) is 4.74 Å². The Kier molecular flexibility index (Phi) is 19.6. The second-order valence-electron chi connectivity index (χ2n) is 17.1. The lowest BCUT2D eigenvalue weighted by Gasteiger charge is -2.15. The lowest BCUT2D eigenvalue weighted by molar-refractivity contribution is 0.0681. The van der Waals surface area contributed by atoms with Crippen LogP contribution in [-0.4, -0.2) is 144 Å². The first-order valence-electron chi connectivity index (χ1n) is 24.5. The number of nitrogens with one attached hydrogen (secondary N) is 6. The summed E-state index contributed by atoms with van der Waals surface area (Å²) in [6.45, 7) is 0.620. The smallest absolute Gasteiger partial charge is 0.335 e. The minimum absolute atomic E-state index is 0.00200. The van der Waals surface area contributed by atoms with E-state index in [2.05, 4.69) is 82.3 Å². The number of anilines is 8. The quantitative estimate of drug-likeness (QED) is 0.0256. The highest BCUT2D eigenvalue weighted by atomic mass is 16.6. The summed E-state index contributed by atoms with van der Waals surface area (Å²) >= 11 is 0. The van der Waals surface area contributed by atoms with Crippen LogP contribution in [0.1, 0.15) is 53.3 Å². The molecule has 0 spiro atoms. The number of benzene rings is 3. The van der Waals surface area contributed by atoms with Crippen LogP contribution in [0.3, 0.4) is 0 Å². The topological polar surface area (TPSA) is 513 Å². The van der Waals surface area contributed by atoms with Crippen LogP contribution < -0.4 is 47.8 Å². The normalized spacial score (nSPS) is 11.0. The van der Waals surface area contributed by atoms with Gasteiger partial charge in [0.05, 0.1) is 41.3 Å². The third kappa shape index (κ3) is 14.7. The van der Waals surface area contributed by atoms with Gasteiger partial charge in [0.2, 0.25) is 47.5 Å². The fourth-order valence-electron chi connectivity index (χ4n) is 7.55. The van der Waals surface area contributed by atoms with E-state index in [9.17, 15) is 75.3 Å².